The van der Waals surface area contributed by atoms with Crippen LogP contribution in [-0.4, -0.2) is 15.6 Å². The normalized spacial score (nSPS) is 10.3. The third-order valence-electron chi connectivity index (χ3n) is 2.10. The number of carbonyl (C=O) groups is 1. The molecule has 5 nitrogen and oxygen atoms in total. The largest absolute Gasteiger partial charge is 0.711 e. The standard InChI is InChI=1S/C8H12N2O3/c1-6-7(2)10(13)5-9(6)4-3-8(11)12/h5H,3-4H2,1-2H3,(H,11,12). The quantitative estimate of drug-likeness (QED) is 0.539. The molecule has 0 radical (unpaired) electrons. The molecule has 0 aliphatic heterocycles. The van der Waals surface area contributed by atoms with Crippen molar-refractivity contribution in [1.29, 1.82) is 0 Å². The van der Waals surface area contributed by atoms with Gasteiger partial charge in [0.25, 0.3) is 0 Å². The minimum atomic E-state index is -0.858. The predicted octanol–water partition coefficient (Wildman–Crippen LogP) is 0.213. The van der Waals surface area contributed by atoms with Gasteiger partial charge in [-0.25, -0.2) is 9.30 Å². The van der Waals surface area contributed by atoms with Gasteiger partial charge in [0, 0.05) is 13.8 Å². The van der Waals surface area contributed by atoms with Crippen LogP contribution in [0.2, 0.25) is 0 Å². The highest BCUT2D eigenvalue weighted by molar-refractivity contribution is 5.66. The van der Waals surface area contributed by atoms with Crippen LogP contribution in [0.15, 0.2) is 6.33 Å². The van der Waals surface area contributed by atoms with Gasteiger partial charge in [-0.05, 0) is 0 Å². The Kier molecular flexibility index (Phi) is 2.55. The van der Waals surface area contributed by atoms with Gasteiger partial charge < -0.3 is 10.3 Å². The fourth-order valence-corrected chi connectivity index (χ4v) is 1.11. The Morgan fingerprint density at radius 1 is 1.69 bits per heavy atom. The third kappa shape index (κ3) is 1.99. The number of nitrogens with zero attached hydrogens (tertiary/aromatic N) is 2. The van der Waals surface area contributed by atoms with Crippen molar-refractivity contribution in [2.24, 2.45) is 0 Å². The number of aliphatic carboxylic acids is 1. The van der Waals surface area contributed by atoms with E-state index in [-0.39, 0.29) is 6.42 Å². The zero-order valence-corrected chi connectivity index (χ0v) is 7.65. The fourth-order valence-electron chi connectivity index (χ4n) is 1.11. The van der Waals surface area contributed by atoms with Crippen LogP contribution in [0.4, 0.5) is 0 Å². The van der Waals surface area contributed by atoms with Crippen molar-refractivity contribution in [3.05, 3.63) is 22.9 Å². The van der Waals surface area contributed by atoms with Crippen molar-refractivity contribution in [1.82, 2.24) is 4.57 Å². The molecule has 1 heterocycles. The maximum atomic E-state index is 11.1. The van der Waals surface area contributed by atoms with Gasteiger partial charge in [0.1, 0.15) is 17.9 Å². The van der Waals surface area contributed by atoms with Crippen LogP contribution in [0.25, 0.3) is 0 Å². The molecule has 5 heteroatoms. The molecule has 13 heavy (non-hydrogen) atoms. The summed E-state index contributed by atoms with van der Waals surface area (Å²) in [4.78, 5) is 10.3. The summed E-state index contributed by atoms with van der Waals surface area (Å²) in [7, 11) is 0. The SMILES string of the molecule is Cc1c(C)[n+]([O-])cn1CCC(=O)O. The van der Waals surface area contributed by atoms with Crippen molar-refractivity contribution < 1.29 is 14.6 Å². The zero-order chi connectivity index (χ0) is 10.0. The number of rotatable bonds is 3. The van der Waals surface area contributed by atoms with E-state index in [1.807, 2.05) is 0 Å². The second kappa shape index (κ2) is 3.47. The number of hydrogen-bond acceptors (Lipinski definition) is 2. The maximum absolute atomic E-state index is 11.1. The van der Waals surface area contributed by atoms with Crippen molar-refractivity contribution in [2.45, 2.75) is 26.8 Å². The number of imidazole rings is 1. The van der Waals surface area contributed by atoms with E-state index in [4.69, 9.17) is 5.11 Å². The summed E-state index contributed by atoms with van der Waals surface area (Å²) in [6.07, 6.45) is 1.41. The minimum Gasteiger partial charge on any atom is -0.711 e. The van der Waals surface area contributed by atoms with E-state index in [0.717, 1.165) is 10.4 Å². The average Bonchev–Trinajstić information content (AvgIpc) is 2.29. The summed E-state index contributed by atoms with van der Waals surface area (Å²) in [5.74, 6) is -0.858. The Morgan fingerprint density at radius 2 is 2.31 bits per heavy atom. The van der Waals surface area contributed by atoms with E-state index >= 15 is 0 Å². The van der Waals surface area contributed by atoms with Gasteiger partial charge in [-0.15, -0.1) is 0 Å². The first-order valence-electron chi connectivity index (χ1n) is 3.99. The molecule has 0 bridgehead atoms. The molecule has 0 amide bonds. The molecule has 1 aromatic heterocycles. The molecule has 0 saturated carbocycles. The lowest BCUT2D eigenvalue weighted by atomic mass is 10.3. The molecule has 0 aliphatic rings. The second-order valence-corrected chi connectivity index (χ2v) is 2.95. The number of carboxylic acids is 1. The van der Waals surface area contributed by atoms with E-state index in [2.05, 4.69) is 0 Å². The molecule has 0 fully saturated rings. The maximum Gasteiger partial charge on any atom is 0.307 e. The second-order valence-electron chi connectivity index (χ2n) is 2.95. The van der Waals surface area contributed by atoms with Crippen molar-refractivity contribution >= 4 is 5.97 Å². The highest BCUT2D eigenvalue weighted by Crippen LogP contribution is 2.02. The van der Waals surface area contributed by atoms with E-state index < -0.39 is 5.97 Å². The van der Waals surface area contributed by atoms with Crippen LogP contribution in [0.1, 0.15) is 17.8 Å². The summed E-state index contributed by atoms with van der Waals surface area (Å²) >= 11 is 0. The highest BCUT2D eigenvalue weighted by Gasteiger charge is 2.12. The van der Waals surface area contributed by atoms with Crippen LogP contribution in [0.3, 0.4) is 0 Å². The van der Waals surface area contributed by atoms with Gasteiger partial charge in [0.05, 0.1) is 6.42 Å². The lowest BCUT2D eigenvalue weighted by molar-refractivity contribution is -0.611. The molecule has 72 valence electrons. The molecule has 1 rings (SSSR count). The summed E-state index contributed by atoms with van der Waals surface area (Å²) in [5.41, 5.74) is 1.43. The van der Waals surface area contributed by atoms with E-state index in [1.54, 1.807) is 18.4 Å². The Labute approximate surface area is 75.8 Å². The number of aryl methyl sites for hydroxylation is 1. The lowest BCUT2D eigenvalue weighted by Gasteiger charge is -1.94. The molecular weight excluding hydrogens is 172 g/mol. The van der Waals surface area contributed by atoms with E-state index in [9.17, 15) is 10.0 Å². The summed E-state index contributed by atoms with van der Waals surface area (Å²) < 4.78 is 2.40. The molecule has 0 saturated heterocycles. The van der Waals surface area contributed by atoms with Gasteiger partial charge in [-0.1, -0.05) is 0 Å². The third-order valence-corrected chi connectivity index (χ3v) is 2.10. The van der Waals surface area contributed by atoms with Crippen molar-refractivity contribution in [2.75, 3.05) is 0 Å². The number of hydrogen-bond donors (Lipinski definition) is 1. The molecule has 0 atom stereocenters. The average molecular weight is 184 g/mol. The molecule has 0 aromatic carbocycles. The predicted molar refractivity (Wildman–Crippen MR) is 45.1 cm³/mol. The molecule has 0 spiro atoms. The van der Waals surface area contributed by atoms with Crippen molar-refractivity contribution in [3.63, 3.8) is 0 Å². The first-order valence-corrected chi connectivity index (χ1v) is 3.99. The first kappa shape index (κ1) is 9.57. The fraction of sp³-hybridized carbons (Fsp3) is 0.500. The van der Waals surface area contributed by atoms with Crippen LogP contribution < -0.4 is 4.73 Å². The van der Waals surface area contributed by atoms with Crippen LogP contribution >= 0.6 is 0 Å². The molecular formula is C8H12N2O3. The van der Waals surface area contributed by atoms with Crippen molar-refractivity contribution in [3.8, 4) is 0 Å². The van der Waals surface area contributed by atoms with Gasteiger partial charge in [-0.2, -0.15) is 0 Å². The van der Waals surface area contributed by atoms with Crippen LogP contribution in [-0.2, 0) is 11.3 Å². The highest BCUT2D eigenvalue weighted by atomic mass is 16.5. The zero-order valence-electron chi connectivity index (χ0n) is 7.65. The first-order chi connectivity index (χ1) is 6.02. The smallest absolute Gasteiger partial charge is 0.307 e. The summed E-state index contributed by atoms with van der Waals surface area (Å²) in [5, 5.41) is 19.5. The monoisotopic (exact) mass is 184 g/mol. The molecule has 0 unspecified atom stereocenters. The Morgan fingerprint density at radius 3 is 2.69 bits per heavy atom. The number of carboxylic acid groups (broad SMARTS) is 1. The Balaban J connectivity index is 2.78. The molecule has 1 N–H and O–H groups in total. The van der Waals surface area contributed by atoms with Gasteiger partial charge in [0.15, 0.2) is 0 Å². The summed E-state index contributed by atoms with van der Waals surface area (Å²) in [6, 6.07) is 0. The Bertz CT molecular complexity index is 330. The molecule has 0 aliphatic carbocycles. The topological polar surface area (TPSA) is 69.2 Å². The van der Waals surface area contributed by atoms with Crippen LogP contribution in [0.5, 0.6) is 0 Å². The lowest BCUT2D eigenvalue weighted by Crippen LogP contribution is -2.26. The van der Waals surface area contributed by atoms with E-state index in [1.165, 1.54) is 6.33 Å². The van der Waals surface area contributed by atoms with Crippen LogP contribution in [0, 0.1) is 19.1 Å². The Hall–Kier alpha value is -1.52. The molecule has 1 aromatic rings. The van der Waals surface area contributed by atoms with Gasteiger partial charge in [0.2, 0.25) is 6.33 Å². The summed E-state index contributed by atoms with van der Waals surface area (Å²) in [6.45, 7) is 3.85. The number of aromatic nitrogens is 2. The van der Waals surface area contributed by atoms with E-state index in [0.29, 0.717) is 12.2 Å². The van der Waals surface area contributed by atoms with Gasteiger partial charge >= 0.3 is 5.97 Å². The van der Waals surface area contributed by atoms with Gasteiger partial charge in [-0.3, -0.25) is 4.79 Å². The minimum absolute atomic E-state index is 0.0367.